The molecule has 1 atom stereocenters. The summed E-state index contributed by atoms with van der Waals surface area (Å²) in [6.45, 7) is 2.83. The van der Waals surface area contributed by atoms with Crippen LogP contribution in [0.1, 0.15) is 24.4 Å². The lowest BCUT2D eigenvalue weighted by Crippen LogP contribution is -2.08. The van der Waals surface area contributed by atoms with Crippen molar-refractivity contribution >= 4 is 5.97 Å². The van der Waals surface area contributed by atoms with Crippen molar-refractivity contribution in [3.63, 3.8) is 0 Å². The van der Waals surface area contributed by atoms with Crippen molar-refractivity contribution in [3.8, 4) is 11.9 Å². The summed E-state index contributed by atoms with van der Waals surface area (Å²) in [7, 11) is 1.39. The molecule has 80 valence electrons. The molecule has 0 aliphatic heterocycles. The number of methoxy groups -OCH3 is 1. The summed E-state index contributed by atoms with van der Waals surface area (Å²) in [5.41, 5.74) is 0.343. The molecule has 15 heavy (non-hydrogen) atoms. The molecule has 0 bridgehead atoms. The second-order valence-electron chi connectivity index (χ2n) is 2.78. The van der Waals surface area contributed by atoms with Crippen LogP contribution in [-0.2, 0) is 9.53 Å². The number of esters is 1. The molecule has 0 aliphatic rings. The first-order chi connectivity index (χ1) is 7.10. The fraction of sp³-hybridized carbons (Fsp3) is 0.444. The number of hydrogen-bond donors (Lipinski definition) is 0. The van der Waals surface area contributed by atoms with E-state index in [9.17, 15) is 4.79 Å². The van der Waals surface area contributed by atoms with Gasteiger partial charge in [-0.1, -0.05) is 0 Å². The molecule has 0 radical (unpaired) electrons. The van der Waals surface area contributed by atoms with E-state index >= 15 is 0 Å². The van der Waals surface area contributed by atoms with E-state index < -0.39 is 12.1 Å². The predicted octanol–water partition coefficient (Wildman–Crippen LogP) is 1.12. The van der Waals surface area contributed by atoms with E-state index in [4.69, 9.17) is 19.3 Å². The van der Waals surface area contributed by atoms with Crippen molar-refractivity contribution in [1.29, 1.82) is 5.26 Å². The summed E-state index contributed by atoms with van der Waals surface area (Å²) in [5.74, 6) is -0.0100. The Labute approximate surface area is 86.4 Å². The molecule has 0 fully saturated rings. The Morgan fingerprint density at radius 1 is 1.67 bits per heavy atom. The van der Waals surface area contributed by atoms with Gasteiger partial charge in [-0.15, -0.1) is 0 Å². The van der Waals surface area contributed by atoms with Crippen molar-refractivity contribution < 1.29 is 18.8 Å². The Bertz CT molecular complexity index is 405. The molecule has 1 rings (SSSR count). The fourth-order valence-electron chi connectivity index (χ4n) is 1.12. The number of carbonyl (C=O) groups excluding carboxylic acids is 1. The highest BCUT2D eigenvalue weighted by atomic mass is 16.6. The van der Waals surface area contributed by atoms with Crippen molar-refractivity contribution in [2.75, 3.05) is 7.11 Å². The summed E-state index contributed by atoms with van der Waals surface area (Å²) in [6.07, 6.45) is -1.05. The third-order valence-electron chi connectivity index (χ3n) is 1.73. The number of rotatable bonds is 3. The number of nitriles is 1. The first-order valence-electron chi connectivity index (χ1n) is 4.17. The Morgan fingerprint density at radius 2 is 2.33 bits per heavy atom. The van der Waals surface area contributed by atoms with Gasteiger partial charge in [0.2, 0.25) is 6.10 Å². The van der Waals surface area contributed by atoms with Gasteiger partial charge in [-0.3, -0.25) is 4.79 Å². The topological polar surface area (TPSA) is 85.3 Å². The number of aromatic nitrogens is 1. The highest BCUT2D eigenvalue weighted by Crippen LogP contribution is 2.29. The highest BCUT2D eigenvalue weighted by molar-refractivity contribution is 5.66. The summed E-state index contributed by atoms with van der Waals surface area (Å²) in [6, 6.07) is 1.83. The van der Waals surface area contributed by atoms with Gasteiger partial charge >= 0.3 is 5.97 Å². The lowest BCUT2D eigenvalue weighted by molar-refractivity contribution is -0.144. The van der Waals surface area contributed by atoms with Gasteiger partial charge in [-0.05, 0) is 12.1 Å². The molecule has 1 heterocycles. The van der Waals surface area contributed by atoms with Crippen LogP contribution in [0.2, 0.25) is 0 Å². The molecule has 1 aromatic rings. The summed E-state index contributed by atoms with van der Waals surface area (Å²) in [4.78, 5) is 10.8. The average Bonchev–Trinajstić information content (AvgIpc) is 2.56. The number of nitrogens with zero attached hydrogens (tertiary/aromatic N) is 2. The smallest absolute Gasteiger partial charge is 0.304 e. The Hall–Kier alpha value is -2.03. The zero-order valence-electron chi connectivity index (χ0n) is 8.60. The van der Waals surface area contributed by atoms with Crippen LogP contribution in [0.25, 0.3) is 0 Å². The lowest BCUT2D eigenvalue weighted by Gasteiger charge is -2.08. The van der Waals surface area contributed by atoms with E-state index in [1.807, 2.05) is 6.07 Å². The number of hydrogen-bond acceptors (Lipinski definition) is 6. The van der Waals surface area contributed by atoms with Crippen LogP contribution in [0.5, 0.6) is 5.88 Å². The van der Waals surface area contributed by atoms with E-state index in [1.54, 1.807) is 6.92 Å². The second-order valence-corrected chi connectivity index (χ2v) is 2.78. The zero-order chi connectivity index (χ0) is 11.4. The second kappa shape index (κ2) is 4.46. The minimum absolute atomic E-state index is 0.153. The van der Waals surface area contributed by atoms with Crippen molar-refractivity contribution in [2.45, 2.75) is 20.0 Å². The van der Waals surface area contributed by atoms with Crippen molar-refractivity contribution in [3.05, 3.63) is 11.3 Å². The molecule has 6 heteroatoms. The molecular formula is C9H10N2O4. The minimum atomic E-state index is -1.05. The lowest BCUT2D eigenvalue weighted by atomic mass is 10.1. The molecule has 0 aromatic carbocycles. The normalized spacial score (nSPS) is 11.6. The van der Waals surface area contributed by atoms with E-state index in [2.05, 4.69) is 5.16 Å². The molecule has 0 N–H and O–H groups in total. The molecule has 0 saturated heterocycles. The Morgan fingerprint density at radius 3 is 2.80 bits per heavy atom. The van der Waals surface area contributed by atoms with Gasteiger partial charge in [0, 0.05) is 6.92 Å². The molecule has 1 unspecified atom stereocenters. The van der Waals surface area contributed by atoms with Gasteiger partial charge in [0.1, 0.15) is 17.4 Å². The largest absolute Gasteiger partial charge is 0.479 e. The van der Waals surface area contributed by atoms with Crippen molar-refractivity contribution in [2.24, 2.45) is 0 Å². The van der Waals surface area contributed by atoms with Crippen LogP contribution in [-0.4, -0.2) is 18.2 Å². The SMILES string of the molecule is COc1noc(C)c1C(C#N)OC(C)=O. The van der Waals surface area contributed by atoms with Gasteiger partial charge in [-0.25, -0.2) is 0 Å². The van der Waals surface area contributed by atoms with Gasteiger partial charge in [0.25, 0.3) is 5.88 Å². The first-order valence-corrected chi connectivity index (χ1v) is 4.17. The zero-order valence-corrected chi connectivity index (χ0v) is 8.60. The van der Waals surface area contributed by atoms with Gasteiger partial charge in [-0.2, -0.15) is 5.26 Å². The minimum Gasteiger partial charge on any atom is -0.479 e. The Kier molecular flexibility index (Phi) is 3.29. The maximum Gasteiger partial charge on any atom is 0.304 e. The molecule has 0 aliphatic carbocycles. The van der Waals surface area contributed by atoms with E-state index in [0.29, 0.717) is 11.3 Å². The number of ether oxygens (including phenoxy) is 2. The third-order valence-corrected chi connectivity index (χ3v) is 1.73. The molecule has 0 saturated carbocycles. The average molecular weight is 210 g/mol. The first kappa shape index (κ1) is 11.0. The maximum atomic E-state index is 10.8. The van der Waals surface area contributed by atoms with Crippen LogP contribution in [0.15, 0.2) is 4.52 Å². The van der Waals surface area contributed by atoms with Crippen LogP contribution in [0.3, 0.4) is 0 Å². The van der Waals surface area contributed by atoms with Crippen LogP contribution < -0.4 is 4.74 Å². The van der Waals surface area contributed by atoms with Gasteiger partial charge in [0.05, 0.1) is 7.11 Å². The highest BCUT2D eigenvalue weighted by Gasteiger charge is 2.25. The summed E-state index contributed by atoms with van der Waals surface area (Å²) < 4.78 is 14.5. The molecule has 0 spiro atoms. The van der Waals surface area contributed by atoms with Crippen LogP contribution >= 0.6 is 0 Å². The fourth-order valence-corrected chi connectivity index (χ4v) is 1.12. The number of carbonyl (C=O) groups is 1. The maximum absolute atomic E-state index is 10.8. The van der Waals surface area contributed by atoms with Crippen LogP contribution in [0.4, 0.5) is 0 Å². The summed E-state index contributed by atoms with van der Waals surface area (Å²) in [5, 5.41) is 12.4. The van der Waals surface area contributed by atoms with Crippen LogP contribution in [0, 0.1) is 18.3 Å². The monoisotopic (exact) mass is 210 g/mol. The predicted molar refractivity (Wildman–Crippen MR) is 47.9 cm³/mol. The van der Waals surface area contributed by atoms with E-state index in [1.165, 1.54) is 14.0 Å². The van der Waals surface area contributed by atoms with E-state index in [-0.39, 0.29) is 5.88 Å². The summed E-state index contributed by atoms with van der Waals surface area (Å²) >= 11 is 0. The van der Waals surface area contributed by atoms with Crippen molar-refractivity contribution in [1.82, 2.24) is 5.16 Å². The van der Waals surface area contributed by atoms with Gasteiger partial charge in [0.15, 0.2) is 0 Å². The quantitative estimate of drug-likeness (QED) is 0.695. The third kappa shape index (κ3) is 2.26. The van der Waals surface area contributed by atoms with E-state index in [0.717, 1.165) is 0 Å². The Balaban J connectivity index is 3.06. The standard InChI is InChI=1S/C9H10N2O4/c1-5-8(9(13-3)11-15-5)7(4-10)14-6(2)12/h7H,1-3H3. The molecular weight excluding hydrogens is 200 g/mol. The molecule has 0 amide bonds. The molecule has 6 nitrogen and oxygen atoms in total. The van der Waals surface area contributed by atoms with Gasteiger partial charge < -0.3 is 14.0 Å². The number of aryl methyl sites for hydroxylation is 1. The molecule has 1 aromatic heterocycles.